The maximum atomic E-state index is 5.50. The van der Waals surface area contributed by atoms with Gasteiger partial charge in [0, 0.05) is 45.2 Å². The molecule has 0 bridgehead atoms. The fourth-order valence-electron chi connectivity index (χ4n) is 1.95. The van der Waals surface area contributed by atoms with Gasteiger partial charge in [-0.25, -0.2) is 0 Å². The summed E-state index contributed by atoms with van der Waals surface area (Å²) >= 11 is 4.89. The molecule has 2 N–H and O–H groups in total. The lowest BCUT2D eigenvalue weighted by atomic mass is 10.2. The van der Waals surface area contributed by atoms with Gasteiger partial charge in [-0.1, -0.05) is 19.1 Å². The van der Waals surface area contributed by atoms with Gasteiger partial charge in [-0.3, -0.25) is 4.90 Å². The first-order chi connectivity index (χ1) is 7.13. The average molecular weight is 229 g/mol. The zero-order chi connectivity index (χ0) is 11.3. The van der Waals surface area contributed by atoms with Gasteiger partial charge in [0.25, 0.3) is 0 Å². The van der Waals surface area contributed by atoms with Crippen molar-refractivity contribution in [2.75, 3.05) is 32.7 Å². The summed E-state index contributed by atoms with van der Waals surface area (Å²) in [5, 5.41) is 0. The van der Waals surface area contributed by atoms with Crippen LogP contribution in [0.15, 0.2) is 0 Å². The Morgan fingerprint density at radius 2 is 1.93 bits per heavy atom. The maximum Gasteiger partial charge on any atom is 0.0740 e. The highest BCUT2D eigenvalue weighted by Crippen LogP contribution is 2.08. The van der Waals surface area contributed by atoms with E-state index in [9.17, 15) is 0 Å². The summed E-state index contributed by atoms with van der Waals surface area (Å²) in [6.07, 6.45) is 2.10. The Bertz CT molecular complexity index is 200. The number of nitrogens with zero attached hydrogens (tertiary/aromatic N) is 2. The molecule has 0 aliphatic carbocycles. The Morgan fingerprint density at radius 3 is 2.40 bits per heavy atom. The van der Waals surface area contributed by atoms with Gasteiger partial charge < -0.3 is 10.6 Å². The van der Waals surface area contributed by atoms with Crippen LogP contribution in [0.25, 0.3) is 0 Å². The lowest BCUT2D eigenvalue weighted by Crippen LogP contribution is -2.49. The van der Waals surface area contributed by atoms with Crippen molar-refractivity contribution in [3.05, 3.63) is 0 Å². The molecule has 1 aliphatic rings. The number of nitrogens with two attached hydrogens (primary N) is 1. The second-order valence-corrected chi connectivity index (χ2v) is 4.88. The Hall–Kier alpha value is -0.190. The van der Waals surface area contributed by atoms with Crippen molar-refractivity contribution in [3.63, 3.8) is 0 Å². The second kappa shape index (κ2) is 6.40. The molecule has 1 rings (SSSR count). The van der Waals surface area contributed by atoms with Gasteiger partial charge in [-0.2, -0.15) is 0 Å². The summed E-state index contributed by atoms with van der Waals surface area (Å²) in [4.78, 5) is 5.66. The minimum atomic E-state index is 0.638. The number of rotatable bonds is 5. The van der Waals surface area contributed by atoms with Crippen LogP contribution in [-0.4, -0.2) is 53.6 Å². The Kier molecular flexibility index (Phi) is 5.50. The molecule has 15 heavy (non-hydrogen) atoms. The van der Waals surface area contributed by atoms with E-state index >= 15 is 0 Å². The summed E-state index contributed by atoms with van der Waals surface area (Å²) in [6, 6.07) is 0.725. The SMILES string of the molecule is CCC(C)N1CCN(CCC(N)=S)CC1. The molecule has 0 aromatic rings. The molecule has 4 heteroatoms. The molecule has 0 spiro atoms. The summed E-state index contributed by atoms with van der Waals surface area (Å²) in [7, 11) is 0. The summed E-state index contributed by atoms with van der Waals surface area (Å²) < 4.78 is 0. The van der Waals surface area contributed by atoms with Gasteiger partial charge in [0.05, 0.1) is 4.99 Å². The van der Waals surface area contributed by atoms with Crippen molar-refractivity contribution in [3.8, 4) is 0 Å². The Morgan fingerprint density at radius 1 is 1.33 bits per heavy atom. The van der Waals surface area contributed by atoms with Crippen LogP contribution >= 0.6 is 12.2 Å². The topological polar surface area (TPSA) is 32.5 Å². The van der Waals surface area contributed by atoms with Crippen LogP contribution in [-0.2, 0) is 0 Å². The van der Waals surface area contributed by atoms with Gasteiger partial charge in [-0.15, -0.1) is 0 Å². The van der Waals surface area contributed by atoms with Crippen LogP contribution in [0.5, 0.6) is 0 Å². The van der Waals surface area contributed by atoms with Gasteiger partial charge in [0.2, 0.25) is 0 Å². The van der Waals surface area contributed by atoms with E-state index in [1.807, 2.05) is 0 Å². The van der Waals surface area contributed by atoms with E-state index in [4.69, 9.17) is 18.0 Å². The van der Waals surface area contributed by atoms with Crippen molar-refractivity contribution < 1.29 is 0 Å². The molecule has 0 saturated carbocycles. The smallest absolute Gasteiger partial charge is 0.0740 e. The van der Waals surface area contributed by atoms with Crippen molar-refractivity contribution in [2.45, 2.75) is 32.7 Å². The highest BCUT2D eigenvalue weighted by atomic mass is 32.1. The zero-order valence-electron chi connectivity index (χ0n) is 9.91. The van der Waals surface area contributed by atoms with E-state index in [1.165, 1.54) is 19.5 Å². The van der Waals surface area contributed by atoms with Gasteiger partial charge in [0.15, 0.2) is 0 Å². The minimum Gasteiger partial charge on any atom is -0.393 e. The predicted molar refractivity (Wildman–Crippen MR) is 69.2 cm³/mol. The Balaban J connectivity index is 2.20. The molecule has 0 aromatic carbocycles. The fraction of sp³-hybridized carbons (Fsp3) is 0.909. The quantitative estimate of drug-likeness (QED) is 0.715. The highest BCUT2D eigenvalue weighted by Gasteiger charge is 2.19. The first-order valence-corrected chi connectivity index (χ1v) is 6.29. The van der Waals surface area contributed by atoms with Gasteiger partial charge in [0.1, 0.15) is 0 Å². The van der Waals surface area contributed by atoms with E-state index in [-0.39, 0.29) is 0 Å². The molecule has 1 aliphatic heterocycles. The molecule has 1 fully saturated rings. The molecule has 1 unspecified atom stereocenters. The molecular formula is C11H23N3S. The minimum absolute atomic E-state index is 0.638. The fourth-order valence-corrected chi connectivity index (χ4v) is 2.05. The Labute approximate surface area is 98.6 Å². The summed E-state index contributed by atoms with van der Waals surface area (Å²) in [5.41, 5.74) is 5.50. The third kappa shape index (κ3) is 4.45. The van der Waals surface area contributed by atoms with E-state index in [2.05, 4.69) is 23.6 Å². The molecule has 3 nitrogen and oxygen atoms in total. The van der Waals surface area contributed by atoms with Crippen LogP contribution in [0.4, 0.5) is 0 Å². The predicted octanol–water partition coefficient (Wildman–Crippen LogP) is 1.08. The van der Waals surface area contributed by atoms with Gasteiger partial charge >= 0.3 is 0 Å². The van der Waals surface area contributed by atoms with Crippen molar-refractivity contribution >= 4 is 17.2 Å². The van der Waals surface area contributed by atoms with E-state index in [1.54, 1.807) is 0 Å². The van der Waals surface area contributed by atoms with Gasteiger partial charge in [-0.05, 0) is 13.3 Å². The van der Waals surface area contributed by atoms with Crippen LogP contribution in [0.1, 0.15) is 26.7 Å². The largest absolute Gasteiger partial charge is 0.393 e. The first kappa shape index (κ1) is 12.9. The normalized spacial score (nSPS) is 21.5. The lowest BCUT2D eigenvalue weighted by molar-refractivity contribution is 0.103. The molecular weight excluding hydrogens is 206 g/mol. The third-order valence-electron chi connectivity index (χ3n) is 3.30. The highest BCUT2D eigenvalue weighted by molar-refractivity contribution is 7.80. The van der Waals surface area contributed by atoms with Crippen LogP contribution in [0.3, 0.4) is 0 Å². The number of piperazine rings is 1. The number of hydrogen-bond acceptors (Lipinski definition) is 3. The molecule has 1 atom stereocenters. The zero-order valence-corrected chi connectivity index (χ0v) is 10.7. The van der Waals surface area contributed by atoms with E-state index < -0.39 is 0 Å². The number of hydrogen-bond donors (Lipinski definition) is 1. The van der Waals surface area contributed by atoms with Crippen LogP contribution in [0, 0.1) is 0 Å². The molecule has 88 valence electrons. The molecule has 1 saturated heterocycles. The summed E-state index contributed by atoms with van der Waals surface area (Å²) in [6.45, 7) is 10.3. The molecule has 0 radical (unpaired) electrons. The third-order valence-corrected chi connectivity index (χ3v) is 3.50. The standard InChI is InChI=1S/C11H23N3S/c1-3-10(2)14-8-6-13(7-9-14)5-4-11(12)15/h10H,3-9H2,1-2H3,(H2,12,15). The average Bonchev–Trinajstić information content (AvgIpc) is 2.26. The summed E-state index contributed by atoms with van der Waals surface area (Å²) in [5.74, 6) is 0. The van der Waals surface area contributed by atoms with E-state index in [0.29, 0.717) is 4.99 Å². The molecule has 1 heterocycles. The van der Waals surface area contributed by atoms with Crippen LogP contribution in [0.2, 0.25) is 0 Å². The molecule has 0 aromatic heterocycles. The lowest BCUT2D eigenvalue weighted by Gasteiger charge is -2.37. The van der Waals surface area contributed by atoms with Crippen LogP contribution < -0.4 is 5.73 Å². The van der Waals surface area contributed by atoms with E-state index in [0.717, 1.165) is 32.1 Å². The number of thiocarbonyl (C=S) groups is 1. The maximum absolute atomic E-state index is 5.50. The second-order valence-electron chi connectivity index (χ2n) is 4.35. The molecule has 0 amide bonds. The van der Waals surface area contributed by atoms with Crippen molar-refractivity contribution in [2.24, 2.45) is 5.73 Å². The van der Waals surface area contributed by atoms with Crippen molar-refractivity contribution in [1.82, 2.24) is 9.80 Å². The monoisotopic (exact) mass is 229 g/mol. The first-order valence-electron chi connectivity index (χ1n) is 5.88. The van der Waals surface area contributed by atoms with Crippen molar-refractivity contribution in [1.29, 1.82) is 0 Å².